The Kier molecular flexibility index (Phi) is 3.29. The molecule has 0 bridgehead atoms. The molecular weight excluding hydrogens is 256 g/mol. The van der Waals surface area contributed by atoms with Gasteiger partial charge < -0.3 is 9.74 Å². The Morgan fingerprint density at radius 1 is 1.60 bits per heavy atom. The first-order chi connectivity index (χ1) is 7.27. The Hall–Kier alpha value is -0.580. The minimum atomic E-state index is 0.369. The second-order valence-electron chi connectivity index (χ2n) is 3.71. The highest BCUT2D eigenvalue weighted by molar-refractivity contribution is 9.10. The second-order valence-corrected chi connectivity index (χ2v) is 4.57. The molecule has 0 amide bonds. The van der Waals surface area contributed by atoms with Gasteiger partial charge in [-0.2, -0.15) is 0 Å². The van der Waals surface area contributed by atoms with Crippen molar-refractivity contribution in [2.45, 2.75) is 19.4 Å². The van der Waals surface area contributed by atoms with Gasteiger partial charge in [-0.3, -0.25) is 0 Å². The molecule has 0 saturated carbocycles. The van der Waals surface area contributed by atoms with Gasteiger partial charge in [0.2, 0.25) is 0 Å². The number of hydrogen-bond donors (Lipinski definition) is 1. The number of halogens is 1. The molecule has 1 aliphatic rings. The van der Waals surface area contributed by atoms with Crippen molar-refractivity contribution >= 4 is 21.6 Å². The molecule has 0 fully saturated rings. The Morgan fingerprint density at radius 3 is 3.07 bits per heavy atom. The predicted molar refractivity (Wildman–Crippen MR) is 64.8 cm³/mol. The number of anilines is 1. The van der Waals surface area contributed by atoms with Gasteiger partial charge in [0.05, 0.1) is 12.6 Å². The van der Waals surface area contributed by atoms with Crippen LogP contribution in [0.25, 0.3) is 0 Å². The molecule has 0 aromatic heterocycles. The van der Waals surface area contributed by atoms with Crippen molar-refractivity contribution in [3.05, 3.63) is 28.2 Å². The maximum atomic E-state index is 5.16. The molecule has 0 spiro atoms. The van der Waals surface area contributed by atoms with Crippen LogP contribution in [0.1, 0.15) is 12.5 Å². The van der Waals surface area contributed by atoms with Crippen molar-refractivity contribution in [2.24, 2.45) is 5.90 Å². The molecule has 1 heterocycles. The Labute approximate surface area is 98.3 Å². The van der Waals surface area contributed by atoms with Gasteiger partial charge >= 0.3 is 0 Å². The van der Waals surface area contributed by atoms with Gasteiger partial charge in [0.25, 0.3) is 0 Å². The van der Waals surface area contributed by atoms with E-state index in [1.165, 1.54) is 15.7 Å². The van der Waals surface area contributed by atoms with Crippen molar-refractivity contribution in [1.82, 2.24) is 0 Å². The average Bonchev–Trinajstić information content (AvgIpc) is 2.58. The fourth-order valence-electron chi connectivity index (χ4n) is 2.25. The molecule has 1 aromatic carbocycles. The molecule has 15 heavy (non-hydrogen) atoms. The van der Waals surface area contributed by atoms with Crippen LogP contribution in [0.2, 0.25) is 0 Å². The molecule has 2 N–H and O–H groups in total. The number of nitrogens with two attached hydrogens (primary N) is 1. The Balaban J connectivity index is 2.32. The lowest BCUT2D eigenvalue weighted by atomic mass is 10.1. The van der Waals surface area contributed by atoms with E-state index in [1.54, 1.807) is 0 Å². The normalized spacial score (nSPS) is 19.4. The first-order valence-electron chi connectivity index (χ1n) is 5.13. The van der Waals surface area contributed by atoms with E-state index in [4.69, 9.17) is 10.7 Å². The van der Waals surface area contributed by atoms with Crippen molar-refractivity contribution in [1.29, 1.82) is 0 Å². The van der Waals surface area contributed by atoms with Crippen LogP contribution in [0.4, 0.5) is 5.69 Å². The number of nitrogens with zero attached hydrogens (tertiary/aromatic N) is 1. The standard InChI is InChI=1S/C11H15BrN2O/c1-2-14-8(7-15-13)6-9-10(12)4-3-5-11(9)14/h3-5,8H,2,6-7,13H2,1H3. The number of fused-ring (bicyclic) bond motifs is 1. The van der Waals surface area contributed by atoms with Gasteiger partial charge in [-0.15, -0.1) is 0 Å². The highest BCUT2D eigenvalue weighted by Gasteiger charge is 2.29. The van der Waals surface area contributed by atoms with Crippen LogP contribution < -0.4 is 10.8 Å². The zero-order chi connectivity index (χ0) is 10.8. The molecule has 1 atom stereocenters. The number of likely N-dealkylation sites (N-methyl/N-ethyl adjacent to an activating group) is 1. The van der Waals surface area contributed by atoms with Crippen molar-refractivity contribution in [3.63, 3.8) is 0 Å². The van der Waals surface area contributed by atoms with E-state index in [2.05, 4.69) is 46.0 Å². The lowest BCUT2D eigenvalue weighted by Gasteiger charge is -2.25. The number of benzene rings is 1. The summed E-state index contributed by atoms with van der Waals surface area (Å²) in [7, 11) is 0. The summed E-state index contributed by atoms with van der Waals surface area (Å²) in [6.45, 7) is 3.71. The first kappa shape index (κ1) is 10.9. The Morgan fingerprint density at radius 2 is 2.40 bits per heavy atom. The molecule has 82 valence electrons. The summed E-state index contributed by atoms with van der Waals surface area (Å²) in [5.41, 5.74) is 2.66. The molecule has 0 saturated heterocycles. The lowest BCUT2D eigenvalue weighted by Crippen LogP contribution is -2.36. The summed E-state index contributed by atoms with van der Waals surface area (Å²) in [5, 5.41) is 0. The van der Waals surface area contributed by atoms with Gasteiger partial charge in [0.15, 0.2) is 0 Å². The van der Waals surface area contributed by atoms with E-state index >= 15 is 0 Å². The molecule has 4 heteroatoms. The van der Waals surface area contributed by atoms with E-state index < -0.39 is 0 Å². The summed E-state index contributed by atoms with van der Waals surface area (Å²) in [4.78, 5) is 7.11. The third-order valence-electron chi connectivity index (χ3n) is 2.91. The summed E-state index contributed by atoms with van der Waals surface area (Å²) >= 11 is 3.58. The van der Waals surface area contributed by atoms with Crippen molar-refractivity contribution < 1.29 is 4.84 Å². The summed E-state index contributed by atoms with van der Waals surface area (Å²) in [6, 6.07) is 6.67. The molecule has 3 nitrogen and oxygen atoms in total. The highest BCUT2D eigenvalue weighted by Crippen LogP contribution is 2.36. The van der Waals surface area contributed by atoms with Crippen LogP contribution in [-0.2, 0) is 11.3 Å². The molecule has 2 rings (SSSR count). The van der Waals surface area contributed by atoms with E-state index in [-0.39, 0.29) is 0 Å². The Bertz CT molecular complexity index is 356. The van der Waals surface area contributed by atoms with Gasteiger partial charge in [-0.25, -0.2) is 5.90 Å². The van der Waals surface area contributed by atoms with Crippen LogP contribution in [0.3, 0.4) is 0 Å². The molecule has 1 unspecified atom stereocenters. The third-order valence-corrected chi connectivity index (χ3v) is 3.66. The highest BCUT2D eigenvalue weighted by atomic mass is 79.9. The van der Waals surface area contributed by atoms with E-state index in [0.717, 1.165) is 13.0 Å². The maximum absolute atomic E-state index is 5.16. The topological polar surface area (TPSA) is 38.5 Å². The number of hydrogen-bond acceptors (Lipinski definition) is 3. The molecule has 1 aromatic rings. The SMILES string of the molecule is CCN1c2cccc(Br)c2CC1CON. The number of rotatable bonds is 3. The van der Waals surface area contributed by atoms with Gasteiger partial charge in [0.1, 0.15) is 0 Å². The smallest absolute Gasteiger partial charge is 0.0885 e. The molecular formula is C11H15BrN2O. The fourth-order valence-corrected chi connectivity index (χ4v) is 2.77. The van der Waals surface area contributed by atoms with Crippen LogP contribution >= 0.6 is 15.9 Å². The molecule has 0 radical (unpaired) electrons. The minimum Gasteiger partial charge on any atom is -0.366 e. The second kappa shape index (κ2) is 4.51. The lowest BCUT2D eigenvalue weighted by molar-refractivity contribution is 0.123. The quantitative estimate of drug-likeness (QED) is 0.855. The fraction of sp³-hybridized carbons (Fsp3) is 0.455. The summed E-state index contributed by atoms with van der Waals surface area (Å²) in [5.74, 6) is 5.16. The van der Waals surface area contributed by atoms with Crippen LogP contribution in [0.5, 0.6) is 0 Å². The van der Waals surface area contributed by atoms with Crippen molar-refractivity contribution in [3.8, 4) is 0 Å². The molecule has 1 aliphatic heterocycles. The van der Waals surface area contributed by atoms with E-state index in [9.17, 15) is 0 Å². The van der Waals surface area contributed by atoms with E-state index in [0.29, 0.717) is 12.6 Å². The van der Waals surface area contributed by atoms with Crippen LogP contribution in [0, 0.1) is 0 Å². The minimum absolute atomic E-state index is 0.369. The van der Waals surface area contributed by atoms with Crippen LogP contribution in [0.15, 0.2) is 22.7 Å². The van der Waals surface area contributed by atoms with E-state index in [1.807, 2.05) is 0 Å². The zero-order valence-electron chi connectivity index (χ0n) is 8.74. The van der Waals surface area contributed by atoms with Gasteiger partial charge in [-0.1, -0.05) is 22.0 Å². The summed E-state index contributed by atoms with van der Waals surface area (Å²) < 4.78 is 1.18. The molecule has 0 aliphatic carbocycles. The van der Waals surface area contributed by atoms with Gasteiger partial charge in [0, 0.05) is 16.7 Å². The largest absolute Gasteiger partial charge is 0.366 e. The zero-order valence-corrected chi connectivity index (χ0v) is 10.3. The summed E-state index contributed by atoms with van der Waals surface area (Å²) in [6.07, 6.45) is 1.00. The maximum Gasteiger partial charge on any atom is 0.0885 e. The van der Waals surface area contributed by atoms with Gasteiger partial charge in [-0.05, 0) is 31.0 Å². The third kappa shape index (κ3) is 1.89. The van der Waals surface area contributed by atoms with Crippen molar-refractivity contribution in [2.75, 3.05) is 18.1 Å². The predicted octanol–water partition coefficient (Wildman–Crippen LogP) is 2.09. The van der Waals surface area contributed by atoms with Crippen LogP contribution in [-0.4, -0.2) is 19.2 Å². The average molecular weight is 271 g/mol. The first-order valence-corrected chi connectivity index (χ1v) is 5.93. The monoisotopic (exact) mass is 270 g/mol.